The Bertz CT molecular complexity index is 559. The van der Waals surface area contributed by atoms with Gasteiger partial charge in [-0.25, -0.2) is 0 Å². The molecule has 20 heavy (non-hydrogen) atoms. The summed E-state index contributed by atoms with van der Waals surface area (Å²) in [6.07, 6.45) is 3.69. The summed E-state index contributed by atoms with van der Waals surface area (Å²) in [6.45, 7) is 3.43. The fraction of sp³-hybridized carbons (Fsp3) is 0.312. The van der Waals surface area contributed by atoms with Gasteiger partial charge in [-0.05, 0) is 30.7 Å². The highest BCUT2D eigenvalue weighted by Gasteiger charge is 2.20. The molecule has 4 nitrogen and oxygen atoms in total. The van der Waals surface area contributed by atoms with Crippen LogP contribution in [0.2, 0.25) is 0 Å². The van der Waals surface area contributed by atoms with Crippen LogP contribution in [0.1, 0.15) is 18.5 Å². The van der Waals surface area contributed by atoms with E-state index in [1.165, 1.54) is 5.56 Å². The van der Waals surface area contributed by atoms with Crippen LogP contribution in [0.15, 0.2) is 48.8 Å². The Morgan fingerprint density at radius 2 is 2.10 bits per heavy atom. The number of fused-ring (bicyclic) bond motifs is 1. The van der Waals surface area contributed by atoms with Crippen LogP contribution in [0.4, 0.5) is 0 Å². The normalized spacial score (nSPS) is 18.6. The third kappa shape index (κ3) is 2.91. The van der Waals surface area contributed by atoms with Crippen molar-refractivity contribution in [2.24, 2.45) is 0 Å². The van der Waals surface area contributed by atoms with Gasteiger partial charge in [0.05, 0.1) is 0 Å². The van der Waals surface area contributed by atoms with Crippen molar-refractivity contribution < 1.29 is 9.47 Å². The molecule has 1 aromatic heterocycles. The molecule has 2 heterocycles. The highest BCUT2D eigenvalue weighted by molar-refractivity contribution is 5.40. The Kier molecular flexibility index (Phi) is 3.83. The summed E-state index contributed by atoms with van der Waals surface area (Å²) < 4.78 is 11.6. The third-order valence-electron chi connectivity index (χ3n) is 3.40. The summed E-state index contributed by atoms with van der Waals surface area (Å²) in [5, 5.41) is 3.45. The first-order valence-corrected chi connectivity index (χ1v) is 6.85. The van der Waals surface area contributed by atoms with Crippen molar-refractivity contribution in [3.63, 3.8) is 0 Å². The van der Waals surface area contributed by atoms with E-state index in [1.54, 1.807) is 6.20 Å². The molecule has 2 atom stereocenters. The van der Waals surface area contributed by atoms with Crippen molar-refractivity contribution in [1.82, 2.24) is 10.3 Å². The van der Waals surface area contributed by atoms with E-state index in [0.717, 1.165) is 18.0 Å². The molecule has 0 amide bonds. The summed E-state index contributed by atoms with van der Waals surface area (Å²) in [7, 11) is 0. The third-order valence-corrected chi connectivity index (χ3v) is 3.40. The van der Waals surface area contributed by atoms with Crippen molar-refractivity contribution in [3.05, 3.63) is 54.4 Å². The smallest absolute Gasteiger partial charge is 0.161 e. The lowest BCUT2D eigenvalue weighted by Gasteiger charge is -2.27. The second-order valence-corrected chi connectivity index (χ2v) is 4.91. The number of benzene rings is 1. The second kappa shape index (κ2) is 5.92. The zero-order valence-corrected chi connectivity index (χ0v) is 11.5. The molecule has 1 N–H and O–H groups in total. The van der Waals surface area contributed by atoms with Crippen LogP contribution in [0.3, 0.4) is 0 Å². The predicted molar refractivity (Wildman–Crippen MR) is 77.0 cm³/mol. The van der Waals surface area contributed by atoms with Gasteiger partial charge in [0.2, 0.25) is 0 Å². The molecule has 0 radical (unpaired) electrons. The minimum atomic E-state index is 0.0315. The van der Waals surface area contributed by atoms with Crippen LogP contribution in [0.5, 0.6) is 11.5 Å². The quantitative estimate of drug-likeness (QED) is 0.927. The largest absolute Gasteiger partial charge is 0.486 e. The van der Waals surface area contributed by atoms with Crippen LogP contribution in [-0.2, 0) is 0 Å². The fourth-order valence-electron chi connectivity index (χ4n) is 2.22. The van der Waals surface area contributed by atoms with Crippen molar-refractivity contribution >= 4 is 0 Å². The summed E-state index contributed by atoms with van der Waals surface area (Å²) in [4.78, 5) is 4.13. The number of aromatic nitrogens is 1. The van der Waals surface area contributed by atoms with E-state index in [0.29, 0.717) is 6.61 Å². The van der Waals surface area contributed by atoms with Crippen molar-refractivity contribution in [1.29, 1.82) is 0 Å². The van der Waals surface area contributed by atoms with E-state index in [1.807, 2.05) is 36.5 Å². The van der Waals surface area contributed by atoms with E-state index in [2.05, 4.69) is 23.3 Å². The molecular weight excluding hydrogens is 252 g/mol. The van der Waals surface area contributed by atoms with Gasteiger partial charge in [-0.2, -0.15) is 0 Å². The first-order valence-electron chi connectivity index (χ1n) is 6.85. The molecule has 2 unspecified atom stereocenters. The van der Waals surface area contributed by atoms with Gasteiger partial charge in [-0.15, -0.1) is 0 Å². The molecule has 1 aliphatic heterocycles. The van der Waals surface area contributed by atoms with Crippen molar-refractivity contribution in [2.75, 3.05) is 13.2 Å². The molecular formula is C16H18N2O2. The number of para-hydroxylation sites is 2. The van der Waals surface area contributed by atoms with E-state index >= 15 is 0 Å². The molecule has 0 bridgehead atoms. The van der Waals surface area contributed by atoms with Crippen LogP contribution < -0.4 is 14.8 Å². The topological polar surface area (TPSA) is 43.4 Å². The zero-order chi connectivity index (χ0) is 13.8. The number of rotatable bonds is 4. The minimum Gasteiger partial charge on any atom is -0.486 e. The van der Waals surface area contributed by atoms with Crippen LogP contribution in [0.25, 0.3) is 0 Å². The first kappa shape index (κ1) is 12.9. The molecule has 0 spiro atoms. The number of pyridine rings is 1. The summed E-state index contributed by atoms with van der Waals surface area (Å²) in [5.74, 6) is 1.64. The van der Waals surface area contributed by atoms with Gasteiger partial charge < -0.3 is 14.8 Å². The lowest BCUT2D eigenvalue weighted by molar-refractivity contribution is 0.0886. The molecule has 104 valence electrons. The number of hydrogen-bond donors (Lipinski definition) is 1. The maximum atomic E-state index is 5.92. The number of nitrogens with zero attached hydrogens (tertiary/aromatic N) is 1. The Balaban J connectivity index is 1.55. The second-order valence-electron chi connectivity index (χ2n) is 4.91. The molecule has 2 aromatic rings. The number of hydrogen-bond acceptors (Lipinski definition) is 4. The summed E-state index contributed by atoms with van der Waals surface area (Å²) in [5.41, 5.74) is 1.17. The van der Waals surface area contributed by atoms with Gasteiger partial charge in [0, 0.05) is 25.0 Å². The predicted octanol–water partition coefficient (Wildman–Crippen LogP) is 2.57. The SMILES string of the molecule is CC(NCC1COc2ccccc2O1)c1cccnc1. The lowest BCUT2D eigenvalue weighted by atomic mass is 10.1. The Morgan fingerprint density at radius 3 is 2.90 bits per heavy atom. The maximum absolute atomic E-state index is 5.92. The zero-order valence-electron chi connectivity index (χ0n) is 11.5. The number of ether oxygens (including phenoxy) is 2. The number of nitrogens with one attached hydrogen (secondary N) is 1. The average Bonchev–Trinajstić information content (AvgIpc) is 2.53. The standard InChI is InChI=1S/C16H18N2O2/c1-12(13-5-4-8-17-9-13)18-10-14-11-19-15-6-2-3-7-16(15)20-14/h2-9,12,14,18H,10-11H2,1H3. The molecule has 1 aliphatic rings. The Morgan fingerprint density at radius 1 is 1.25 bits per heavy atom. The van der Waals surface area contributed by atoms with Crippen LogP contribution in [0, 0.1) is 0 Å². The minimum absolute atomic E-state index is 0.0315. The summed E-state index contributed by atoms with van der Waals surface area (Å²) >= 11 is 0. The average molecular weight is 270 g/mol. The van der Waals surface area contributed by atoms with Crippen molar-refractivity contribution in [2.45, 2.75) is 19.1 Å². The maximum Gasteiger partial charge on any atom is 0.161 e. The lowest BCUT2D eigenvalue weighted by Crippen LogP contribution is -2.39. The first-order chi connectivity index (χ1) is 9.83. The molecule has 3 rings (SSSR count). The van der Waals surface area contributed by atoms with E-state index < -0.39 is 0 Å². The van der Waals surface area contributed by atoms with Crippen LogP contribution >= 0.6 is 0 Å². The molecule has 0 saturated heterocycles. The van der Waals surface area contributed by atoms with E-state index in [-0.39, 0.29) is 12.1 Å². The molecule has 0 aliphatic carbocycles. The van der Waals surface area contributed by atoms with Gasteiger partial charge in [-0.3, -0.25) is 4.98 Å². The van der Waals surface area contributed by atoms with Crippen LogP contribution in [-0.4, -0.2) is 24.2 Å². The molecule has 4 heteroatoms. The van der Waals surface area contributed by atoms with Gasteiger partial charge in [0.1, 0.15) is 12.7 Å². The van der Waals surface area contributed by atoms with E-state index in [9.17, 15) is 0 Å². The molecule has 0 saturated carbocycles. The highest BCUT2D eigenvalue weighted by Crippen LogP contribution is 2.30. The van der Waals surface area contributed by atoms with Crippen molar-refractivity contribution in [3.8, 4) is 11.5 Å². The van der Waals surface area contributed by atoms with E-state index in [4.69, 9.17) is 9.47 Å². The van der Waals surface area contributed by atoms with Gasteiger partial charge in [0.15, 0.2) is 11.5 Å². The molecule has 1 aromatic carbocycles. The summed E-state index contributed by atoms with van der Waals surface area (Å²) in [6, 6.07) is 12.0. The van der Waals surface area contributed by atoms with Gasteiger partial charge >= 0.3 is 0 Å². The monoisotopic (exact) mass is 270 g/mol. The van der Waals surface area contributed by atoms with Gasteiger partial charge in [0.25, 0.3) is 0 Å². The Labute approximate surface area is 118 Å². The fourth-order valence-corrected chi connectivity index (χ4v) is 2.22. The Hall–Kier alpha value is -2.07. The molecule has 0 fully saturated rings. The highest BCUT2D eigenvalue weighted by atomic mass is 16.6. The van der Waals surface area contributed by atoms with Gasteiger partial charge in [-0.1, -0.05) is 18.2 Å².